The van der Waals surface area contributed by atoms with Crippen LogP contribution < -0.4 is 9.62 Å². The van der Waals surface area contributed by atoms with Gasteiger partial charge in [0, 0.05) is 14.1 Å². The molecule has 0 saturated carbocycles. The number of hydrogen-bond donors (Lipinski definition) is 2. The molecule has 0 amide bonds. The second kappa shape index (κ2) is 5.34. The SMILES string of the molecule is Cc1[nH]ncc1S(=O)(=O)Nc1ccc(N(C)C)c(Cl)c1. The molecule has 8 heteroatoms. The van der Waals surface area contributed by atoms with E-state index in [0.717, 1.165) is 5.69 Å². The van der Waals surface area contributed by atoms with Crippen LogP contribution in [0.25, 0.3) is 0 Å². The summed E-state index contributed by atoms with van der Waals surface area (Å²) in [6.07, 6.45) is 1.27. The molecule has 0 spiro atoms. The van der Waals surface area contributed by atoms with Crippen LogP contribution in [0.1, 0.15) is 5.69 Å². The molecular weight excluding hydrogens is 300 g/mol. The Morgan fingerprint density at radius 3 is 2.55 bits per heavy atom. The maximum Gasteiger partial charge on any atom is 0.265 e. The van der Waals surface area contributed by atoms with Gasteiger partial charge < -0.3 is 4.90 Å². The lowest BCUT2D eigenvalue weighted by molar-refractivity contribution is 0.600. The van der Waals surface area contributed by atoms with Gasteiger partial charge >= 0.3 is 0 Å². The Balaban J connectivity index is 2.31. The number of halogens is 1. The van der Waals surface area contributed by atoms with Crippen LogP contribution in [0.15, 0.2) is 29.3 Å². The minimum absolute atomic E-state index is 0.116. The number of rotatable bonds is 4. The summed E-state index contributed by atoms with van der Waals surface area (Å²) in [6.45, 7) is 1.64. The highest BCUT2D eigenvalue weighted by Gasteiger charge is 2.19. The summed E-state index contributed by atoms with van der Waals surface area (Å²) in [5.41, 5.74) is 1.70. The normalized spacial score (nSPS) is 11.4. The van der Waals surface area contributed by atoms with Gasteiger partial charge in [0.2, 0.25) is 0 Å². The summed E-state index contributed by atoms with van der Waals surface area (Å²) in [5, 5.41) is 6.77. The lowest BCUT2D eigenvalue weighted by Gasteiger charge is -2.15. The number of nitrogens with zero attached hydrogens (tertiary/aromatic N) is 2. The van der Waals surface area contributed by atoms with Crippen molar-refractivity contribution in [2.75, 3.05) is 23.7 Å². The molecule has 1 aromatic carbocycles. The van der Waals surface area contributed by atoms with E-state index in [2.05, 4.69) is 14.9 Å². The van der Waals surface area contributed by atoms with Crippen molar-refractivity contribution in [3.63, 3.8) is 0 Å². The van der Waals surface area contributed by atoms with Crippen molar-refractivity contribution in [1.29, 1.82) is 0 Å². The maximum absolute atomic E-state index is 12.2. The molecule has 0 aliphatic rings. The highest BCUT2D eigenvalue weighted by atomic mass is 35.5. The van der Waals surface area contributed by atoms with Crippen LogP contribution in [0, 0.1) is 6.92 Å². The highest BCUT2D eigenvalue weighted by molar-refractivity contribution is 7.92. The molecule has 6 nitrogen and oxygen atoms in total. The Bertz CT molecular complexity index is 725. The molecule has 0 aliphatic carbocycles. The maximum atomic E-state index is 12.2. The van der Waals surface area contributed by atoms with Crippen LogP contribution in [-0.2, 0) is 10.0 Å². The Morgan fingerprint density at radius 1 is 1.35 bits per heavy atom. The van der Waals surface area contributed by atoms with Gasteiger partial charge in [0.25, 0.3) is 10.0 Å². The molecule has 2 rings (SSSR count). The minimum Gasteiger partial charge on any atom is -0.376 e. The first-order valence-electron chi connectivity index (χ1n) is 5.81. The molecular formula is C12H15ClN4O2S. The third-order valence-corrected chi connectivity index (χ3v) is 4.55. The van der Waals surface area contributed by atoms with E-state index in [0.29, 0.717) is 16.4 Å². The molecule has 0 atom stereocenters. The smallest absolute Gasteiger partial charge is 0.265 e. The molecule has 1 heterocycles. The van der Waals surface area contributed by atoms with Crippen LogP contribution in [0.2, 0.25) is 5.02 Å². The van der Waals surface area contributed by atoms with Gasteiger partial charge in [-0.05, 0) is 25.1 Å². The van der Waals surface area contributed by atoms with E-state index >= 15 is 0 Å². The zero-order valence-corrected chi connectivity index (χ0v) is 12.9. The van der Waals surface area contributed by atoms with Crippen LogP contribution in [-0.4, -0.2) is 32.7 Å². The van der Waals surface area contributed by atoms with Gasteiger partial charge in [-0.15, -0.1) is 0 Å². The van der Waals surface area contributed by atoms with E-state index in [1.54, 1.807) is 25.1 Å². The molecule has 0 fully saturated rings. The van der Waals surface area contributed by atoms with E-state index < -0.39 is 10.0 Å². The summed E-state index contributed by atoms with van der Waals surface area (Å²) in [7, 11) is 0.0555. The highest BCUT2D eigenvalue weighted by Crippen LogP contribution is 2.28. The molecule has 0 bridgehead atoms. The summed E-state index contributed by atoms with van der Waals surface area (Å²) in [6, 6.07) is 4.99. The van der Waals surface area contributed by atoms with Crippen molar-refractivity contribution in [2.24, 2.45) is 0 Å². The summed E-state index contributed by atoms with van der Waals surface area (Å²) >= 11 is 6.11. The Labute approximate surface area is 122 Å². The average Bonchev–Trinajstić information content (AvgIpc) is 2.75. The van der Waals surface area contributed by atoms with E-state index in [1.165, 1.54) is 6.20 Å². The number of H-pyrrole nitrogens is 1. The number of aryl methyl sites for hydroxylation is 1. The van der Waals surface area contributed by atoms with Gasteiger partial charge in [-0.1, -0.05) is 11.6 Å². The molecule has 108 valence electrons. The molecule has 2 aromatic rings. The van der Waals surface area contributed by atoms with Crippen LogP contribution in [0.4, 0.5) is 11.4 Å². The van der Waals surface area contributed by atoms with Gasteiger partial charge in [0.1, 0.15) is 4.90 Å². The van der Waals surface area contributed by atoms with Gasteiger partial charge in [-0.3, -0.25) is 9.82 Å². The van der Waals surface area contributed by atoms with Crippen LogP contribution >= 0.6 is 11.6 Å². The fraction of sp³-hybridized carbons (Fsp3) is 0.250. The topological polar surface area (TPSA) is 78.1 Å². The Hall–Kier alpha value is -1.73. The lowest BCUT2D eigenvalue weighted by Crippen LogP contribution is -2.14. The van der Waals surface area contributed by atoms with Gasteiger partial charge in [-0.25, -0.2) is 8.42 Å². The predicted molar refractivity (Wildman–Crippen MR) is 79.9 cm³/mol. The van der Waals surface area contributed by atoms with E-state index in [1.807, 2.05) is 19.0 Å². The largest absolute Gasteiger partial charge is 0.376 e. The van der Waals surface area contributed by atoms with Gasteiger partial charge in [0.05, 0.1) is 28.3 Å². The van der Waals surface area contributed by atoms with Crippen molar-refractivity contribution in [3.05, 3.63) is 35.1 Å². The second-order valence-corrected chi connectivity index (χ2v) is 6.58. The molecule has 0 radical (unpaired) electrons. The molecule has 0 saturated heterocycles. The van der Waals surface area contributed by atoms with Crippen LogP contribution in [0.5, 0.6) is 0 Å². The Morgan fingerprint density at radius 2 is 2.05 bits per heavy atom. The average molecular weight is 315 g/mol. The number of aromatic nitrogens is 2. The molecule has 20 heavy (non-hydrogen) atoms. The molecule has 1 aromatic heterocycles. The van der Waals surface area contributed by atoms with Crippen LogP contribution in [0.3, 0.4) is 0 Å². The number of hydrogen-bond acceptors (Lipinski definition) is 4. The Kier molecular flexibility index (Phi) is 3.92. The number of sulfonamides is 1. The summed E-state index contributed by atoms with van der Waals surface area (Å²) < 4.78 is 26.9. The third kappa shape index (κ3) is 2.88. The van der Waals surface area contributed by atoms with E-state index in [9.17, 15) is 8.42 Å². The van der Waals surface area contributed by atoms with Crippen molar-refractivity contribution >= 4 is 33.0 Å². The fourth-order valence-electron chi connectivity index (χ4n) is 1.75. The van der Waals surface area contributed by atoms with Crippen molar-refractivity contribution < 1.29 is 8.42 Å². The summed E-state index contributed by atoms with van der Waals surface area (Å²) in [4.78, 5) is 1.96. The third-order valence-electron chi connectivity index (χ3n) is 2.75. The van der Waals surface area contributed by atoms with Gasteiger partial charge in [0.15, 0.2) is 0 Å². The predicted octanol–water partition coefficient (Wildman–Crippen LogP) is 2.24. The molecule has 2 N–H and O–H groups in total. The second-order valence-electron chi connectivity index (χ2n) is 4.53. The zero-order valence-electron chi connectivity index (χ0n) is 11.3. The first-order chi connectivity index (χ1) is 9.31. The number of aromatic amines is 1. The zero-order chi connectivity index (χ0) is 14.9. The van der Waals surface area contributed by atoms with E-state index in [4.69, 9.17) is 11.6 Å². The van der Waals surface area contributed by atoms with Crippen molar-refractivity contribution in [1.82, 2.24) is 10.2 Å². The van der Waals surface area contributed by atoms with Crippen molar-refractivity contribution in [2.45, 2.75) is 11.8 Å². The molecule has 0 aliphatic heterocycles. The number of nitrogens with one attached hydrogen (secondary N) is 2. The molecule has 0 unspecified atom stereocenters. The fourth-order valence-corrected chi connectivity index (χ4v) is 3.29. The monoisotopic (exact) mass is 314 g/mol. The van der Waals surface area contributed by atoms with Crippen molar-refractivity contribution in [3.8, 4) is 0 Å². The van der Waals surface area contributed by atoms with Gasteiger partial charge in [-0.2, -0.15) is 5.10 Å². The number of anilines is 2. The lowest BCUT2D eigenvalue weighted by atomic mass is 10.3. The quantitative estimate of drug-likeness (QED) is 0.907. The summed E-state index contributed by atoms with van der Waals surface area (Å²) in [5.74, 6) is 0. The number of benzene rings is 1. The minimum atomic E-state index is -3.67. The van der Waals surface area contributed by atoms with E-state index in [-0.39, 0.29) is 4.90 Å². The standard InChI is InChI=1S/C12H15ClN4O2S/c1-8-12(7-14-15-8)20(18,19)16-9-4-5-11(17(2)3)10(13)6-9/h4-7,16H,1-3H3,(H,14,15). The first kappa shape index (κ1) is 14.7. The first-order valence-corrected chi connectivity index (χ1v) is 7.67.